The number of aromatic nitrogens is 3. The Bertz CT molecular complexity index is 2740. The molecule has 0 saturated heterocycles. The molecule has 5 heterocycles. The van der Waals surface area contributed by atoms with Crippen molar-refractivity contribution >= 4 is 76.0 Å². The van der Waals surface area contributed by atoms with E-state index in [2.05, 4.69) is 82.7 Å². The first-order valence-electron chi connectivity index (χ1n) is 16.2. The van der Waals surface area contributed by atoms with Gasteiger partial charge in [-0.15, -0.1) is 11.3 Å². The highest BCUT2D eigenvalue weighted by Gasteiger charge is 2.38. The van der Waals surface area contributed by atoms with Crippen LogP contribution in [-0.2, 0) is 5.41 Å². The van der Waals surface area contributed by atoms with Gasteiger partial charge < -0.3 is 0 Å². The lowest BCUT2D eigenvalue weighted by Crippen LogP contribution is -2.31. The molecule has 48 heavy (non-hydrogen) atoms. The predicted molar refractivity (Wildman–Crippen MR) is 197 cm³/mol. The summed E-state index contributed by atoms with van der Waals surface area (Å²) in [5.41, 5.74) is 7.20. The molecule has 4 aromatic heterocycles. The summed E-state index contributed by atoms with van der Waals surface area (Å²) >= 11 is 1.81. The Morgan fingerprint density at radius 2 is 1.40 bits per heavy atom. The minimum Gasteiger partial charge on any atom is -0.299 e. The number of hydrogen-bond donors (Lipinski definition) is 0. The number of imidazole rings is 1. The van der Waals surface area contributed by atoms with Crippen molar-refractivity contribution in [2.45, 2.75) is 25.4 Å². The van der Waals surface area contributed by atoms with Crippen LogP contribution in [0.15, 0.2) is 134 Å². The maximum Gasteiger partial charge on any atom is 0.150 e. The summed E-state index contributed by atoms with van der Waals surface area (Å²) in [5.74, 6) is 0.808. The van der Waals surface area contributed by atoms with Gasteiger partial charge >= 0.3 is 0 Å². The Morgan fingerprint density at radius 1 is 0.625 bits per heavy atom. The van der Waals surface area contributed by atoms with Crippen molar-refractivity contribution in [2.24, 2.45) is 0 Å². The number of fused-ring (bicyclic) bond motifs is 11. The average molecular weight is 641 g/mol. The molecule has 4 nitrogen and oxygen atoms in total. The van der Waals surface area contributed by atoms with Crippen LogP contribution in [-0.4, -0.2) is 14.4 Å². The second-order valence-corrected chi connectivity index (χ2v) is 14.3. The molecule has 10 rings (SSSR count). The van der Waals surface area contributed by atoms with E-state index in [-0.39, 0.29) is 5.41 Å². The topological polar surface area (TPSA) is 33.4 Å². The molecule has 5 aromatic carbocycles. The SMILES string of the molecule is CC1(C)c2ccc(C(F)c3ccc4c5ccccc5n5ccnc5c4c3)cc2N(c2ccccn2)c2cc3sc4ccccc4c3cc21. The summed E-state index contributed by atoms with van der Waals surface area (Å²) in [6.45, 7) is 4.55. The molecule has 0 amide bonds. The van der Waals surface area contributed by atoms with Gasteiger partial charge in [0.25, 0.3) is 0 Å². The Morgan fingerprint density at radius 3 is 2.27 bits per heavy atom. The van der Waals surface area contributed by atoms with Crippen molar-refractivity contribution in [1.29, 1.82) is 0 Å². The van der Waals surface area contributed by atoms with Crippen LogP contribution < -0.4 is 4.90 Å². The van der Waals surface area contributed by atoms with Gasteiger partial charge in [0, 0.05) is 55.0 Å². The number of para-hydroxylation sites is 1. The lowest BCUT2D eigenvalue weighted by Gasteiger charge is -2.42. The number of benzene rings is 5. The molecule has 0 aliphatic carbocycles. The van der Waals surface area contributed by atoms with Crippen LogP contribution in [0.3, 0.4) is 0 Å². The van der Waals surface area contributed by atoms with E-state index in [1.165, 1.54) is 25.7 Å². The van der Waals surface area contributed by atoms with Crippen LogP contribution in [0, 0.1) is 0 Å². The van der Waals surface area contributed by atoms with Crippen LogP contribution in [0.4, 0.5) is 21.6 Å². The van der Waals surface area contributed by atoms with E-state index in [9.17, 15) is 0 Å². The lowest BCUT2D eigenvalue weighted by molar-refractivity contribution is 0.402. The van der Waals surface area contributed by atoms with Crippen molar-refractivity contribution in [3.63, 3.8) is 0 Å². The quantitative estimate of drug-likeness (QED) is 0.180. The predicted octanol–water partition coefficient (Wildman–Crippen LogP) is 11.6. The zero-order valence-electron chi connectivity index (χ0n) is 26.4. The van der Waals surface area contributed by atoms with Gasteiger partial charge in [0.05, 0.1) is 16.9 Å². The summed E-state index contributed by atoms with van der Waals surface area (Å²) in [5, 5.41) is 5.67. The van der Waals surface area contributed by atoms with E-state index >= 15 is 4.39 Å². The second kappa shape index (κ2) is 9.96. The van der Waals surface area contributed by atoms with Gasteiger partial charge in [0.2, 0.25) is 0 Å². The van der Waals surface area contributed by atoms with Gasteiger partial charge in [0.1, 0.15) is 11.5 Å². The number of rotatable bonds is 3. The molecule has 1 unspecified atom stereocenters. The fourth-order valence-electron chi connectivity index (χ4n) is 7.81. The van der Waals surface area contributed by atoms with E-state index in [0.29, 0.717) is 11.1 Å². The van der Waals surface area contributed by atoms with Crippen molar-refractivity contribution in [1.82, 2.24) is 14.4 Å². The highest BCUT2D eigenvalue weighted by molar-refractivity contribution is 7.25. The van der Waals surface area contributed by atoms with E-state index in [0.717, 1.165) is 50.1 Å². The number of halogens is 1. The first-order valence-corrected chi connectivity index (χ1v) is 17.0. The third-order valence-corrected chi connectivity index (χ3v) is 11.3. The van der Waals surface area contributed by atoms with Crippen LogP contribution in [0.25, 0.3) is 47.5 Å². The first-order chi connectivity index (χ1) is 23.5. The van der Waals surface area contributed by atoms with E-state index in [1.807, 2.05) is 90.6 Å². The smallest absolute Gasteiger partial charge is 0.150 e. The zero-order valence-corrected chi connectivity index (χ0v) is 27.2. The molecule has 0 spiro atoms. The minimum atomic E-state index is -1.33. The summed E-state index contributed by atoms with van der Waals surface area (Å²) in [6, 6.07) is 39.6. The average Bonchev–Trinajstić information content (AvgIpc) is 3.77. The Hall–Kier alpha value is -5.59. The fourth-order valence-corrected chi connectivity index (χ4v) is 8.94. The molecule has 1 aliphatic rings. The third-order valence-electron chi connectivity index (χ3n) is 10.2. The Balaban J connectivity index is 1.16. The van der Waals surface area contributed by atoms with Gasteiger partial charge in [-0.1, -0.05) is 80.6 Å². The second-order valence-electron chi connectivity index (χ2n) is 13.2. The Labute approximate surface area is 280 Å². The summed E-state index contributed by atoms with van der Waals surface area (Å²) in [7, 11) is 0. The van der Waals surface area contributed by atoms with Crippen molar-refractivity contribution in [3.8, 4) is 0 Å². The van der Waals surface area contributed by atoms with E-state index < -0.39 is 6.17 Å². The van der Waals surface area contributed by atoms with Gasteiger partial charge in [-0.3, -0.25) is 9.30 Å². The number of pyridine rings is 2. The van der Waals surface area contributed by atoms with E-state index in [1.54, 1.807) is 0 Å². The van der Waals surface area contributed by atoms with Crippen molar-refractivity contribution < 1.29 is 4.39 Å². The first kappa shape index (κ1) is 27.5. The maximum absolute atomic E-state index is 16.9. The zero-order chi connectivity index (χ0) is 32.1. The van der Waals surface area contributed by atoms with Gasteiger partial charge in [-0.05, 0) is 76.2 Å². The van der Waals surface area contributed by atoms with Crippen LogP contribution in [0.1, 0.15) is 42.3 Å². The van der Waals surface area contributed by atoms with Gasteiger partial charge in [0.15, 0.2) is 6.17 Å². The summed E-state index contributed by atoms with van der Waals surface area (Å²) < 4.78 is 21.5. The molecule has 1 aliphatic heterocycles. The maximum atomic E-state index is 16.9. The number of hydrogen-bond acceptors (Lipinski definition) is 4. The molecule has 6 heteroatoms. The summed E-state index contributed by atoms with van der Waals surface area (Å²) in [6.07, 6.45) is 4.27. The highest BCUT2D eigenvalue weighted by atomic mass is 32.1. The molecule has 9 aromatic rings. The molecule has 230 valence electrons. The van der Waals surface area contributed by atoms with Crippen molar-refractivity contribution in [2.75, 3.05) is 4.90 Å². The Kier molecular flexibility index (Phi) is 5.71. The number of nitrogens with zero attached hydrogens (tertiary/aromatic N) is 4. The fraction of sp³-hybridized carbons (Fsp3) is 0.0952. The van der Waals surface area contributed by atoms with Crippen LogP contribution in [0.5, 0.6) is 0 Å². The molecule has 0 N–H and O–H groups in total. The monoisotopic (exact) mass is 640 g/mol. The largest absolute Gasteiger partial charge is 0.299 e. The number of alkyl halides is 1. The minimum absolute atomic E-state index is 0.326. The molecule has 0 saturated carbocycles. The van der Waals surface area contributed by atoms with Crippen molar-refractivity contribution in [3.05, 3.63) is 156 Å². The number of anilines is 3. The lowest BCUT2D eigenvalue weighted by atomic mass is 9.73. The third kappa shape index (κ3) is 3.81. The molecular weight excluding hydrogens is 612 g/mol. The standard InChI is InChI=1S/C42H29FN4S/c1-42(2)32-17-15-26(40(43)25-14-16-27-28-9-3-5-11-34(28)46-20-19-45-41(46)31(27)21-25)22-35(32)47(39-13-7-8-18-44-39)36-24-38-30(23-33(36)42)29-10-4-6-12-37(29)48-38/h3-24,40H,1-2H3. The molecule has 0 radical (unpaired) electrons. The molecular formula is C42H29FN4S. The molecule has 0 fully saturated rings. The highest BCUT2D eigenvalue weighted by Crippen LogP contribution is 2.54. The van der Waals surface area contributed by atoms with Crippen LogP contribution in [0.2, 0.25) is 0 Å². The number of thiophene rings is 1. The van der Waals surface area contributed by atoms with Gasteiger partial charge in [-0.25, -0.2) is 14.4 Å². The van der Waals surface area contributed by atoms with Crippen LogP contribution >= 0.6 is 11.3 Å². The van der Waals surface area contributed by atoms with Gasteiger partial charge in [-0.2, -0.15) is 0 Å². The normalized spacial score (nSPS) is 14.6. The summed E-state index contributed by atoms with van der Waals surface area (Å²) in [4.78, 5) is 11.7. The molecule has 1 atom stereocenters. The molecule has 0 bridgehead atoms. The van der Waals surface area contributed by atoms with E-state index in [4.69, 9.17) is 4.98 Å².